The molecule has 0 spiro atoms. The lowest BCUT2D eigenvalue weighted by Gasteiger charge is -2.24. The van der Waals surface area contributed by atoms with E-state index in [-0.39, 0.29) is 5.75 Å². The van der Waals surface area contributed by atoms with Gasteiger partial charge in [-0.2, -0.15) is 0 Å². The minimum Gasteiger partial charge on any atom is -0.508 e. The molecule has 1 aliphatic carbocycles. The fraction of sp³-hybridized carbons (Fsp3) is 0.462. The summed E-state index contributed by atoms with van der Waals surface area (Å²) in [5.41, 5.74) is 7.82. The summed E-state index contributed by atoms with van der Waals surface area (Å²) in [6.45, 7) is 0. The number of anilines is 1. The van der Waals surface area contributed by atoms with Crippen molar-refractivity contribution in [1.82, 2.24) is 9.55 Å². The maximum Gasteiger partial charge on any atom is 0.201 e. The van der Waals surface area contributed by atoms with Crippen LogP contribution in [-0.4, -0.2) is 14.7 Å². The number of nitrogens with zero attached hydrogens (tertiary/aromatic N) is 2. The Kier molecular flexibility index (Phi) is 2.42. The number of benzene rings is 1. The normalized spacial score (nSPS) is 17.6. The molecule has 90 valence electrons. The fourth-order valence-electron chi connectivity index (χ4n) is 2.83. The van der Waals surface area contributed by atoms with Crippen molar-refractivity contribution >= 4 is 17.0 Å². The fourth-order valence-corrected chi connectivity index (χ4v) is 2.83. The summed E-state index contributed by atoms with van der Waals surface area (Å²) in [4.78, 5) is 4.33. The van der Waals surface area contributed by atoms with E-state index in [2.05, 4.69) is 9.55 Å². The molecule has 2 aromatic rings. The van der Waals surface area contributed by atoms with Gasteiger partial charge in [0.25, 0.3) is 0 Å². The van der Waals surface area contributed by atoms with Crippen molar-refractivity contribution in [3.05, 3.63) is 18.2 Å². The van der Waals surface area contributed by atoms with E-state index < -0.39 is 0 Å². The molecule has 1 aromatic heterocycles. The van der Waals surface area contributed by atoms with Crippen LogP contribution in [0.15, 0.2) is 18.2 Å². The lowest BCUT2D eigenvalue weighted by atomic mass is 9.95. The number of phenols is 1. The molecule has 1 aromatic carbocycles. The number of fused-ring (bicyclic) bond motifs is 1. The number of rotatable bonds is 1. The standard InChI is InChI=1S/C13H17N3O/c14-13-15-11-8-10(17)6-7-12(11)16(13)9-4-2-1-3-5-9/h6-9,17H,1-5H2,(H2,14,15). The first kappa shape index (κ1) is 10.4. The second-order valence-electron chi connectivity index (χ2n) is 4.80. The first-order valence-corrected chi connectivity index (χ1v) is 6.22. The largest absolute Gasteiger partial charge is 0.508 e. The van der Waals surface area contributed by atoms with Gasteiger partial charge < -0.3 is 15.4 Å². The van der Waals surface area contributed by atoms with E-state index in [1.54, 1.807) is 12.1 Å². The highest BCUT2D eigenvalue weighted by atomic mass is 16.3. The summed E-state index contributed by atoms with van der Waals surface area (Å²) in [6, 6.07) is 5.74. The van der Waals surface area contributed by atoms with E-state index in [9.17, 15) is 5.11 Å². The first-order chi connectivity index (χ1) is 8.25. The molecule has 3 N–H and O–H groups in total. The van der Waals surface area contributed by atoms with Crippen LogP contribution in [0.1, 0.15) is 38.1 Å². The van der Waals surface area contributed by atoms with Gasteiger partial charge in [0, 0.05) is 12.1 Å². The number of hydrogen-bond acceptors (Lipinski definition) is 3. The second kappa shape index (κ2) is 3.95. The Bertz CT molecular complexity index is 541. The van der Waals surface area contributed by atoms with Crippen LogP contribution < -0.4 is 5.73 Å². The average Bonchev–Trinajstić information content (AvgIpc) is 2.65. The quantitative estimate of drug-likeness (QED) is 0.793. The number of nitrogen functional groups attached to an aromatic ring is 1. The van der Waals surface area contributed by atoms with Crippen LogP contribution in [0, 0.1) is 0 Å². The molecule has 0 saturated heterocycles. The third-order valence-electron chi connectivity index (χ3n) is 3.64. The third kappa shape index (κ3) is 1.73. The highest BCUT2D eigenvalue weighted by molar-refractivity contribution is 5.80. The molecule has 17 heavy (non-hydrogen) atoms. The maximum atomic E-state index is 9.45. The predicted octanol–water partition coefficient (Wildman–Crippen LogP) is 2.83. The average molecular weight is 231 g/mol. The van der Waals surface area contributed by atoms with Gasteiger partial charge in [0.2, 0.25) is 5.95 Å². The molecule has 4 heteroatoms. The number of nitrogens with two attached hydrogens (primary N) is 1. The van der Waals surface area contributed by atoms with Crippen molar-refractivity contribution < 1.29 is 5.11 Å². The van der Waals surface area contributed by atoms with Crippen molar-refractivity contribution in [2.75, 3.05) is 5.73 Å². The summed E-state index contributed by atoms with van der Waals surface area (Å²) in [7, 11) is 0. The molecular formula is C13H17N3O. The second-order valence-corrected chi connectivity index (χ2v) is 4.80. The molecule has 1 saturated carbocycles. The molecule has 0 amide bonds. The molecule has 0 bridgehead atoms. The maximum absolute atomic E-state index is 9.45. The van der Waals surface area contributed by atoms with Gasteiger partial charge in [0.1, 0.15) is 5.75 Å². The zero-order valence-corrected chi connectivity index (χ0v) is 9.76. The van der Waals surface area contributed by atoms with Crippen LogP contribution in [0.5, 0.6) is 5.75 Å². The topological polar surface area (TPSA) is 64.1 Å². The van der Waals surface area contributed by atoms with Crippen LogP contribution in [0.4, 0.5) is 5.95 Å². The van der Waals surface area contributed by atoms with E-state index in [1.165, 1.54) is 32.1 Å². The number of aromatic hydroxyl groups is 1. The summed E-state index contributed by atoms with van der Waals surface area (Å²) < 4.78 is 2.13. The number of aromatic nitrogens is 2. The first-order valence-electron chi connectivity index (χ1n) is 6.22. The van der Waals surface area contributed by atoms with Gasteiger partial charge in [-0.25, -0.2) is 4.98 Å². The van der Waals surface area contributed by atoms with Gasteiger partial charge in [0.05, 0.1) is 11.0 Å². The summed E-state index contributed by atoms with van der Waals surface area (Å²) in [6.07, 6.45) is 6.21. The molecule has 1 heterocycles. The van der Waals surface area contributed by atoms with Crippen LogP contribution in [0.2, 0.25) is 0 Å². The lowest BCUT2D eigenvalue weighted by Crippen LogP contribution is -2.14. The molecule has 0 aliphatic heterocycles. The molecule has 1 aliphatic rings. The minimum absolute atomic E-state index is 0.241. The van der Waals surface area contributed by atoms with Crippen molar-refractivity contribution in [2.24, 2.45) is 0 Å². The van der Waals surface area contributed by atoms with Crippen molar-refractivity contribution in [1.29, 1.82) is 0 Å². The Labute approximate surface area is 100 Å². The molecule has 0 unspecified atom stereocenters. The molecule has 0 atom stereocenters. The van der Waals surface area contributed by atoms with E-state index in [0.717, 1.165) is 11.0 Å². The predicted molar refractivity (Wildman–Crippen MR) is 67.9 cm³/mol. The number of imidazole rings is 1. The van der Waals surface area contributed by atoms with E-state index in [1.807, 2.05) is 6.07 Å². The number of hydrogen-bond donors (Lipinski definition) is 2. The Hall–Kier alpha value is -1.71. The van der Waals surface area contributed by atoms with Gasteiger partial charge in [-0.15, -0.1) is 0 Å². The van der Waals surface area contributed by atoms with Crippen molar-refractivity contribution in [2.45, 2.75) is 38.1 Å². The van der Waals surface area contributed by atoms with Crippen LogP contribution in [0.25, 0.3) is 11.0 Å². The van der Waals surface area contributed by atoms with Crippen LogP contribution >= 0.6 is 0 Å². The monoisotopic (exact) mass is 231 g/mol. The Morgan fingerprint density at radius 2 is 2.00 bits per heavy atom. The molecule has 4 nitrogen and oxygen atoms in total. The Morgan fingerprint density at radius 1 is 1.24 bits per heavy atom. The molecular weight excluding hydrogens is 214 g/mol. The van der Waals surface area contributed by atoms with E-state index in [0.29, 0.717) is 12.0 Å². The highest BCUT2D eigenvalue weighted by Gasteiger charge is 2.20. The van der Waals surface area contributed by atoms with Crippen LogP contribution in [-0.2, 0) is 0 Å². The SMILES string of the molecule is Nc1nc2cc(O)ccc2n1C1CCCCC1. The van der Waals surface area contributed by atoms with E-state index in [4.69, 9.17) is 5.73 Å². The lowest BCUT2D eigenvalue weighted by molar-refractivity contribution is 0.363. The van der Waals surface area contributed by atoms with Gasteiger partial charge >= 0.3 is 0 Å². The van der Waals surface area contributed by atoms with Gasteiger partial charge in [-0.1, -0.05) is 19.3 Å². The smallest absolute Gasteiger partial charge is 0.201 e. The van der Waals surface area contributed by atoms with Crippen molar-refractivity contribution in [3.8, 4) is 5.75 Å². The summed E-state index contributed by atoms with van der Waals surface area (Å²) in [5.74, 6) is 0.809. The zero-order chi connectivity index (χ0) is 11.8. The number of phenolic OH excluding ortho intramolecular Hbond substituents is 1. The van der Waals surface area contributed by atoms with Gasteiger partial charge in [-0.05, 0) is 25.0 Å². The summed E-state index contributed by atoms with van der Waals surface area (Å²) >= 11 is 0. The minimum atomic E-state index is 0.241. The Morgan fingerprint density at radius 3 is 2.76 bits per heavy atom. The summed E-state index contributed by atoms with van der Waals surface area (Å²) in [5, 5.41) is 9.45. The highest BCUT2D eigenvalue weighted by Crippen LogP contribution is 2.33. The molecule has 3 rings (SSSR count). The molecule has 1 fully saturated rings. The van der Waals surface area contributed by atoms with Gasteiger partial charge in [-0.3, -0.25) is 0 Å². The van der Waals surface area contributed by atoms with Crippen LogP contribution in [0.3, 0.4) is 0 Å². The van der Waals surface area contributed by atoms with E-state index >= 15 is 0 Å². The Balaban J connectivity index is 2.11. The van der Waals surface area contributed by atoms with Crippen molar-refractivity contribution in [3.63, 3.8) is 0 Å². The zero-order valence-electron chi connectivity index (χ0n) is 9.76. The molecule has 0 radical (unpaired) electrons. The van der Waals surface area contributed by atoms with Gasteiger partial charge in [0.15, 0.2) is 0 Å². The third-order valence-corrected chi connectivity index (χ3v) is 3.64.